The molecule has 0 fully saturated rings. The van der Waals surface area contributed by atoms with Crippen LogP contribution in [0.2, 0.25) is 0 Å². The van der Waals surface area contributed by atoms with Gasteiger partial charge in [-0.3, -0.25) is 10.1 Å². The number of rotatable bonds is 6. The lowest BCUT2D eigenvalue weighted by Crippen LogP contribution is -2.41. The summed E-state index contributed by atoms with van der Waals surface area (Å²) in [6, 6.07) is -0.410. The first-order valence-corrected chi connectivity index (χ1v) is 3.62. The summed E-state index contributed by atoms with van der Waals surface area (Å²) in [5.41, 5.74) is 0. The Morgan fingerprint density at radius 3 is 2.75 bits per heavy atom. The molecule has 0 rings (SSSR count). The normalized spacial score (nSPS) is 12.6. The lowest BCUT2D eigenvalue weighted by molar-refractivity contribution is -0.248. The molecule has 0 spiro atoms. The minimum absolute atomic E-state index is 0.0387. The third-order valence-corrected chi connectivity index (χ3v) is 1.26. The van der Waals surface area contributed by atoms with Crippen LogP contribution in [0.4, 0.5) is 0 Å². The van der Waals surface area contributed by atoms with E-state index in [2.05, 4.69) is 15.0 Å². The molecule has 6 heteroatoms. The Hall–Kier alpha value is -0.690. The second-order valence-electron chi connectivity index (χ2n) is 2.25. The van der Waals surface area contributed by atoms with Gasteiger partial charge in [0.25, 0.3) is 0 Å². The fourth-order valence-corrected chi connectivity index (χ4v) is 0.667. The summed E-state index contributed by atoms with van der Waals surface area (Å²) >= 11 is 0. The molecule has 0 aromatic carbocycles. The highest BCUT2D eigenvalue weighted by Crippen LogP contribution is 1.86. The molecule has 0 saturated carbocycles. The number of amides is 1. The van der Waals surface area contributed by atoms with Gasteiger partial charge in [-0.25, -0.2) is 10.8 Å². The van der Waals surface area contributed by atoms with Crippen molar-refractivity contribution in [1.82, 2.24) is 5.32 Å². The Labute approximate surface area is 70.5 Å². The van der Waals surface area contributed by atoms with Gasteiger partial charge in [0, 0.05) is 6.42 Å². The maximum atomic E-state index is 10.8. The molecule has 0 aromatic heterocycles. The fourth-order valence-electron chi connectivity index (χ4n) is 0.667. The van der Waals surface area contributed by atoms with Crippen LogP contribution in [-0.4, -0.2) is 30.4 Å². The van der Waals surface area contributed by atoms with E-state index in [1.165, 1.54) is 0 Å². The van der Waals surface area contributed by atoms with Gasteiger partial charge in [0.2, 0.25) is 5.91 Å². The van der Waals surface area contributed by atoms with E-state index in [4.69, 9.17) is 11.2 Å². The molecule has 0 radical (unpaired) electrons. The molecule has 12 heavy (non-hydrogen) atoms. The van der Waals surface area contributed by atoms with Gasteiger partial charge in [0.1, 0.15) is 6.61 Å². The summed E-state index contributed by atoms with van der Waals surface area (Å²) in [7, 11) is 0. The van der Waals surface area contributed by atoms with Crippen LogP contribution in [0.15, 0.2) is 0 Å². The van der Waals surface area contributed by atoms with E-state index < -0.39 is 6.04 Å². The fraction of sp³-hybridized carbons (Fsp3) is 0.833. The van der Waals surface area contributed by atoms with E-state index in [1.807, 2.05) is 0 Å². The SMILES string of the molecule is CCC(=O)NC(CON)COO. The van der Waals surface area contributed by atoms with Crippen LogP contribution in [-0.2, 0) is 14.5 Å². The van der Waals surface area contributed by atoms with Crippen molar-refractivity contribution < 1.29 is 19.8 Å². The number of carbonyl (C=O) groups excluding carboxylic acids is 1. The molecule has 0 aromatic rings. The van der Waals surface area contributed by atoms with E-state index in [9.17, 15) is 4.79 Å². The van der Waals surface area contributed by atoms with Gasteiger partial charge in [0.15, 0.2) is 0 Å². The predicted octanol–water partition coefficient (Wildman–Crippen LogP) is -0.739. The first kappa shape index (κ1) is 11.3. The third-order valence-electron chi connectivity index (χ3n) is 1.26. The van der Waals surface area contributed by atoms with Crippen LogP contribution in [0.5, 0.6) is 0 Å². The smallest absolute Gasteiger partial charge is 0.220 e. The van der Waals surface area contributed by atoms with Gasteiger partial charge in [-0.15, -0.1) is 0 Å². The molecular weight excluding hydrogens is 164 g/mol. The van der Waals surface area contributed by atoms with Crippen molar-refractivity contribution in [3.05, 3.63) is 0 Å². The van der Waals surface area contributed by atoms with Crippen LogP contribution in [0.25, 0.3) is 0 Å². The van der Waals surface area contributed by atoms with Crippen LogP contribution >= 0.6 is 0 Å². The maximum absolute atomic E-state index is 10.8. The van der Waals surface area contributed by atoms with Crippen molar-refractivity contribution in [3.8, 4) is 0 Å². The molecule has 72 valence electrons. The minimum Gasteiger partial charge on any atom is -0.349 e. The van der Waals surface area contributed by atoms with E-state index in [0.717, 1.165) is 0 Å². The van der Waals surface area contributed by atoms with Gasteiger partial charge in [-0.1, -0.05) is 6.92 Å². The zero-order valence-corrected chi connectivity index (χ0v) is 6.95. The number of hydrogen-bond donors (Lipinski definition) is 3. The summed E-state index contributed by atoms with van der Waals surface area (Å²) in [4.78, 5) is 19.0. The first-order valence-electron chi connectivity index (χ1n) is 3.62. The quantitative estimate of drug-likeness (QED) is 0.368. The van der Waals surface area contributed by atoms with E-state index in [1.54, 1.807) is 6.92 Å². The third kappa shape index (κ3) is 5.03. The summed E-state index contributed by atoms with van der Waals surface area (Å²) in [5.74, 6) is 4.64. The average Bonchev–Trinajstić information content (AvgIpc) is 2.05. The second kappa shape index (κ2) is 6.99. The number of hydrogen-bond acceptors (Lipinski definition) is 5. The molecule has 0 saturated heterocycles. The molecule has 0 aliphatic rings. The Morgan fingerprint density at radius 1 is 1.67 bits per heavy atom. The summed E-state index contributed by atoms with van der Waals surface area (Å²) in [5, 5.41) is 10.6. The van der Waals surface area contributed by atoms with Crippen LogP contribution in [0.3, 0.4) is 0 Å². The molecule has 0 aliphatic heterocycles. The number of nitrogens with two attached hydrogens (primary N) is 1. The van der Waals surface area contributed by atoms with E-state index >= 15 is 0 Å². The van der Waals surface area contributed by atoms with Crippen LogP contribution in [0, 0.1) is 0 Å². The Balaban J connectivity index is 3.68. The molecular formula is C6H14N2O4. The number of nitrogens with one attached hydrogen (secondary N) is 1. The van der Waals surface area contributed by atoms with Gasteiger partial charge in [-0.05, 0) is 0 Å². The summed E-state index contributed by atoms with van der Waals surface area (Å²) < 4.78 is 0. The highest BCUT2D eigenvalue weighted by molar-refractivity contribution is 5.75. The Morgan fingerprint density at radius 2 is 2.33 bits per heavy atom. The zero-order valence-electron chi connectivity index (χ0n) is 6.95. The standard InChI is InChI=1S/C6H14N2O4/c1-2-6(9)8-5(3-11-7)4-12-10/h5,10H,2-4,7H2,1H3,(H,8,9). The highest BCUT2D eigenvalue weighted by Gasteiger charge is 2.10. The molecule has 0 heterocycles. The summed E-state index contributed by atoms with van der Waals surface area (Å²) in [6.07, 6.45) is 0.368. The molecule has 1 amide bonds. The lowest BCUT2D eigenvalue weighted by atomic mass is 10.3. The second-order valence-corrected chi connectivity index (χ2v) is 2.25. The van der Waals surface area contributed by atoms with Gasteiger partial charge in [-0.2, -0.15) is 0 Å². The van der Waals surface area contributed by atoms with Gasteiger partial charge in [0.05, 0.1) is 12.6 Å². The van der Waals surface area contributed by atoms with E-state index in [0.29, 0.717) is 6.42 Å². The zero-order chi connectivity index (χ0) is 9.40. The van der Waals surface area contributed by atoms with Crippen molar-refractivity contribution in [2.24, 2.45) is 5.90 Å². The lowest BCUT2D eigenvalue weighted by Gasteiger charge is -2.14. The molecule has 6 nitrogen and oxygen atoms in total. The Bertz CT molecular complexity index is 125. The Kier molecular flexibility index (Phi) is 6.58. The minimum atomic E-state index is -0.410. The largest absolute Gasteiger partial charge is 0.349 e. The van der Waals surface area contributed by atoms with Crippen molar-refractivity contribution in [2.45, 2.75) is 19.4 Å². The molecule has 0 aliphatic carbocycles. The summed E-state index contributed by atoms with van der Waals surface area (Å²) in [6.45, 7) is 1.78. The average molecular weight is 178 g/mol. The number of carbonyl (C=O) groups is 1. The van der Waals surface area contributed by atoms with Crippen LogP contribution in [0.1, 0.15) is 13.3 Å². The monoisotopic (exact) mass is 178 g/mol. The topological polar surface area (TPSA) is 93.8 Å². The molecule has 0 bridgehead atoms. The molecule has 4 N–H and O–H groups in total. The predicted molar refractivity (Wildman–Crippen MR) is 40.9 cm³/mol. The van der Waals surface area contributed by atoms with Crippen molar-refractivity contribution in [3.63, 3.8) is 0 Å². The van der Waals surface area contributed by atoms with Crippen molar-refractivity contribution >= 4 is 5.91 Å². The van der Waals surface area contributed by atoms with Crippen LogP contribution < -0.4 is 11.2 Å². The van der Waals surface area contributed by atoms with E-state index in [-0.39, 0.29) is 19.1 Å². The molecule has 1 unspecified atom stereocenters. The molecule has 1 atom stereocenters. The maximum Gasteiger partial charge on any atom is 0.220 e. The van der Waals surface area contributed by atoms with Crippen molar-refractivity contribution in [1.29, 1.82) is 0 Å². The van der Waals surface area contributed by atoms with Crippen molar-refractivity contribution in [2.75, 3.05) is 13.2 Å². The van der Waals surface area contributed by atoms with Gasteiger partial charge < -0.3 is 10.2 Å². The highest BCUT2D eigenvalue weighted by atomic mass is 17.1. The first-order chi connectivity index (χ1) is 5.74. The van der Waals surface area contributed by atoms with Gasteiger partial charge >= 0.3 is 0 Å².